The number of fused-ring (bicyclic) bond motifs is 1. The molecule has 1 N–H and O–H groups in total. The van der Waals surface area contributed by atoms with Crippen LogP contribution in [0.2, 0.25) is 0 Å². The number of aromatic nitrogens is 3. The molecule has 1 saturated carbocycles. The summed E-state index contributed by atoms with van der Waals surface area (Å²) in [7, 11) is 0. The van der Waals surface area contributed by atoms with Crippen molar-refractivity contribution in [1.82, 2.24) is 15.0 Å². The van der Waals surface area contributed by atoms with Crippen LogP contribution in [-0.4, -0.2) is 25.7 Å². The molecule has 4 rings (SSSR count). The molecule has 0 spiro atoms. The Balaban J connectivity index is 1.88. The molecule has 0 amide bonds. The first-order valence-electron chi connectivity index (χ1n) is 8.26. The molecule has 0 saturated heterocycles. The average molecular weight is 327 g/mol. The van der Waals surface area contributed by atoms with Gasteiger partial charge in [-0.3, -0.25) is 0 Å². The molecule has 1 unspecified atom stereocenters. The first-order chi connectivity index (χ1) is 11.2. The van der Waals surface area contributed by atoms with Gasteiger partial charge >= 0.3 is 0 Å². The SMILES string of the molecule is Cc1ccc(C(n2nnc3ccccc32)C2(O)CCCCC2)s1. The lowest BCUT2D eigenvalue weighted by Crippen LogP contribution is -2.42. The van der Waals surface area contributed by atoms with Crippen molar-refractivity contribution in [2.75, 3.05) is 0 Å². The standard InChI is InChI=1S/C18H21N3OS/c1-13-9-10-16(23-13)17(18(22)11-5-2-6-12-18)21-15-8-4-3-7-14(15)19-20-21/h3-4,7-10,17,22H,2,5-6,11-12H2,1H3. The van der Waals surface area contributed by atoms with Gasteiger partial charge in [-0.1, -0.05) is 36.6 Å². The molecule has 2 aromatic heterocycles. The molecular formula is C18H21N3OS. The highest BCUT2D eigenvalue weighted by atomic mass is 32.1. The third-order valence-electron chi connectivity index (χ3n) is 4.88. The molecule has 4 nitrogen and oxygen atoms in total. The maximum Gasteiger partial charge on any atom is 0.117 e. The fraction of sp³-hybridized carbons (Fsp3) is 0.444. The number of hydrogen-bond donors (Lipinski definition) is 1. The molecule has 1 aliphatic carbocycles. The summed E-state index contributed by atoms with van der Waals surface area (Å²) >= 11 is 1.75. The number of benzene rings is 1. The largest absolute Gasteiger partial charge is 0.387 e. The minimum absolute atomic E-state index is 0.158. The molecule has 0 aliphatic heterocycles. The van der Waals surface area contributed by atoms with Crippen LogP contribution in [0, 0.1) is 6.92 Å². The number of hydrogen-bond acceptors (Lipinski definition) is 4. The second-order valence-electron chi connectivity index (χ2n) is 6.54. The number of rotatable bonds is 3. The Morgan fingerprint density at radius 1 is 1.13 bits per heavy atom. The predicted octanol–water partition coefficient (Wildman–Crippen LogP) is 4.09. The lowest BCUT2D eigenvalue weighted by molar-refractivity contribution is -0.0318. The number of aliphatic hydroxyl groups is 1. The Labute approximate surface area is 139 Å². The molecule has 120 valence electrons. The van der Waals surface area contributed by atoms with Crippen LogP contribution in [0.4, 0.5) is 0 Å². The summed E-state index contributed by atoms with van der Waals surface area (Å²) in [6.07, 6.45) is 5.00. The monoisotopic (exact) mass is 327 g/mol. The Kier molecular flexibility index (Phi) is 3.70. The molecule has 23 heavy (non-hydrogen) atoms. The van der Waals surface area contributed by atoms with E-state index in [0.29, 0.717) is 0 Å². The predicted molar refractivity (Wildman–Crippen MR) is 92.8 cm³/mol. The van der Waals surface area contributed by atoms with Crippen molar-refractivity contribution in [3.63, 3.8) is 0 Å². The van der Waals surface area contributed by atoms with Crippen LogP contribution in [0.15, 0.2) is 36.4 Å². The van der Waals surface area contributed by atoms with Crippen molar-refractivity contribution in [2.45, 2.75) is 50.7 Å². The van der Waals surface area contributed by atoms with E-state index >= 15 is 0 Å². The van der Waals surface area contributed by atoms with E-state index in [9.17, 15) is 5.11 Å². The van der Waals surface area contributed by atoms with Crippen molar-refractivity contribution < 1.29 is 5.11 Å². The van der Waals surface area contributed by atoms with Crippen LogP contribution in [0.25, 0.3) is 11.0 Å². The van der Waals surface area contributed by atoms with Crippen LogP contribution in [0.3, 0.4) is 0 Å². The highest BCUT2D eigenvalue weighted by Gasteiger charge is 2.42. The Bertz CT molecular complexity index is 816. The molecule has 3 aromatic rings. The molecule has 2 heterocycles. The summed E-state index contributed by atoms with van der Waals surface area (Å²) in [5.41, 5.74) is 1.12. The van der Waals surface area contributed by atoms with Crippen molar-refractivity contribution in [3.8, 4) is 0 Å². The van der Waals surface area contributed by atoms with Crippen molar-refractivity contribution in [2.24, 2.45) is 0 Å². The van der Waals surface area contributed by atoms with Gasteiger partial charge in [-0.2, -0.15) is 0 Å². The maximum absolute atomic E-state index is 11.4. The van der Waals surface area contributed by atoms with E-state index in [1.54, 1.807) is 11.3 Å². The highest BCUT2D eigenvalue weighted by Crippen LogP contribution is 2.43. The molecule has 1 aliphatic rings. The van der Waals surface area contributed by atoms with Gasteiger partial charge in [0.15, 0.2) is 0 Å². The van der Waals surface area contributed by atoms with E-state index in [4.69, 9.17) is 0 Å². The lowest BCUT2D eigenvalue weighted by atomic mass is 9.79. The number of aryl methyl sites for hydroxylation is 1. The summed E-state index contributed by atoms with van der Waals surface area (Å²) in [4.78, 5) is 2.43. The lowest BCUT2D eigenvalue weighted by Gasteiger charge is -2.38. The van der Waals surface area contributed by atoms with Crippen LogP contribution < -0.4 is 0 Å². The Morgan fingerprint density at radius 3 is 2.65 bits per heavy atom. The maximum atomic E-state index is 11.4. The summed E-state index contributed by atoms with van der Waals surface area (Å²) in [5.74, 6) is 0. The second-order valence-corrected chi connectivity index (χ2v) is 7.86. The van der Waals surface area contributed by atoms with Gasteiger partial charge in [-0.25, -0.2) is 4.68 Å². The molecule has 0 radical (unpaired) electrons. The summed E-state index contributed by atoms with van der Waals surface area (Å²) in [6.45, 7) is 2.11. The van der Waals surface area contributed by atoms with Gasteiger partial charge in [0.2, 0.25) is 0 Å². The smallest absolute Gasteiger partial charge is 0.117 e. The van der Waals surface area contributed by atoms with Gasteiger partial charge in [-0.05, 0) is 44.0 Å². The van der Waals surface area contributed by atoms with Gasteiger partial charge < -0.3 is 5.11 Å². The third-order valence-corrected chi connectivity index (χ3v) is 5.93. The van der Waals surface area contributed by atoms with E-state index in [1.807, 2.05) is 28.9 Å². The van der Waals surface area contributed by atoms with Crippen molar-refractivity contribution >= 4 is 22.4 Å². The van der Waals surface area contributed by atoms with Gasteiger partial charge in [-0.15, -0.1) is 16.4 Å². The van der Waals surface area contributed by atoms with E-state index < -0.39 is 5.60 Å². The fourth-order valence-electron chi connectivity index (χ4n) is 3.73. The minimum atomic E-state index is -0.744. The Hall–Kier alpha value is -1.72. The topological polar surface area (TPSA) is 50.9 Å². The van der Waals surface area contributed by atoms with Crippen molar-refractivity contribution in [3.05, 3.63) is 46.2 Å². The normalized spacial score (nSPS) is 19.0. The zero-order chi connectivity index (χ0) is 15.9. The first kappa shape index (κ1) is 14.8. The minimum Gasteiger partial charge on any atom is -0.387 e. The quantitative estimate of drug-likeness (QED) is 0.788. The molecule has 1 fully saturated rings. The molecular weight excluding hydrogens is 306 g/mol. The molecule has 0 bridgehead atoms. The van der Waals surface area contributed by atoms with Gasteiger partial charge in [0.1, 0.15) is 11.6 Å². The van der Waals surface area contributed by atoms with Crippen LogP contribution in [0.5, 0.6) is 0 Å². The van der Waals surface area contributed by atoms with E-state index in [2.05, 4.69) is 29.4 Å². The zero-order valence-corrected chi connectivity index (χ0v) is 14.1. The molecule has 5 heteroatoms. The van der Waals surface area contributed by atoms with Crippen molar-refractivity contribution in [1.29, 1.82) is 0 Å². The summed E-state index contributed by atoms with van der Waals surface area (Å²) in [5, 5.41) is 20.2. The van der Waals surface area contributed by atoms with E-state index in [-0.39, 0.29) is 6.04 Å². The highest BCUT2D eigenvalue weighted by molar-refractivity contribution is 7.12. The number of thiophene rings is 1. The molecule has 1 aromatic carbocycles. The zero-order valence-electron chi connectivity index (χ0n) is 13.3. The summed E-state index contributed by atoms with van der Waals surface area (Å²) < 4.78 is 1.94. The van der Waals surface area contributed by atoms with E-state index in [0.717, 1.165) is 36.7 Å². The first-order valence-corrected chi connectivity index (χ1v) is 9.08. The van der Waals surface area contributed by atoms with Gasteiger partial charge in [0, 0.05) is 9.75 Å². The van der Waals surface area contributed by atoms with Crippen LogP contribution in [0.1, 0.15) is 47.9 Å². The fourth-order valence-corrected chi connectivity index (χ4v) is 4.80. The Morgan fingerprint density at radius 2 is 1.91 bits per heavy atom. The van der Waals surface area contributed by atoms with Crippen LogP contribution >= 0.6 is 11.3 Å². The second kappa shape index (κ2) is 5.73. The number of nitrogens with zero attached hydrogens (tertiary/aromatic N) is 3. The average Bonchev–Trinajstić information content (AvgIpc) is 3.16. The third kappa shape index (κ3) is 2.58. The number of para-hydroxylation sites is 1. The van der Waals surface area contributed by atoms with Crippen LogP contribution in [-0.2, 0) is 0 Å². The van der Waals surface area contributed by atoms with Gasteiger partial charge in [0.05, 0.1) is 11.1 Å². The summed E-state index contributed by atoms with van der Waals surface area (Å²) in [6, 6.07) is 12.1. The van der Waals surface area contributed by atoms with E-state index in [1.165, 1.54) is 16.2 Å². The molecule has 1 atom stereocenters. The van der Waals surface area contributed by atoms with Gasteiger partial charge in [0.25, 0.3) is 0 Å².